The van der Waals surface area contributed by atoms with Crippen molar-refractivity contribution in [2.45, 2.75) is 18.9 Å². The lowest BCUT2D eigenvalue weighted by Crippen LogP contribution is -2.14. The van der Waals surface area contributed by atoms with Crippen LogP contribution < -0.4 is 5.32 Å². The molecule has 1 N–H and O–H groups in total. The first-order valence-corrected chi connectivity index (χ1v) is 9.80. The first-order valence-electron chi connectivity index (χ1n) is 9.80. The molecule has 6 heteroatoms. The number of hydrogen-bond donors (Lipinski definition) is 1. The van der Waals surface area contributed by atoms with E-state index >= 15 is 0 Å². The Balaban J connectivity index is 1.69. The van der Waals surface area contributed by atoms with E-state index in [1.807, 2.05) is 42.5 Å². The van der Waals surface area contributed by atoms with E-state index in [1.54, 1.807) is 12.1 Å². The number of rotatable bonds is 4. The number of nitrogens with zero attached hydrogens (tertiary/aromatic N) is 2. The van der Waals surface area contributed by atoms with Gasteiger partial charge in [-0.1, -0.05) is 48.5 Å². The molecule has 2 heterocycles. The lowest BCUT2D eigenvalue weighted by Gasteiger charge is -2.14. The standard InChI is InChI=1S/C24H19N3O3/c28-23-13-19(17-8-4-9-18(12-17)27(29)30)20-15-26(14-16-6-2-1-3-7-16)22-11-5-10-21(25-23)24(20)22/h1-12,15,19H,13-14H2,(H,25,28)/t19-/m0/s1. The van der Waals surface area contributed by atoms with E-state index in [-0.39, 0.29) is 23.9 Å². The van der Waals surface area contributed by atoms with Crippen molar-refractivity contribution in [2.75, 3.05) is 5.32 Å². The van der Waals surface area contributed by atoms with E-state index < -0.39 is 4.92 Å². The molecule has 5 rings (SSSR count). The highest BCUT2D eigenvalue weighted by Crippen LogP contribution is 2.41. The fraction of sp³-hybridized carbons (Fsp3) is 0.125. The molecule has 1 aliphatic heterocycles. The predicted molar refractivity (Wildman–Crippen MR) is 116 cm³/mol. The maximum Gasteiger partial charge on any atom is 0.269 e. The molecule has 148 valence electrons. The minimum Gasteiger partial charge on any atom is -0.343 e. The molecule has 6 nitrogen and oxygen atoms in total. The summed E-state index contributed by atoms with van der Waals surface area (Å²) in [4.78, 5) is 23.5. The van der Waals surface area contributed by atoms with Crippen molar-refractivity contribution < 1.29 is 9.72 Å². The SMILES string of the molecule is O=C1C[C@@H](c2cccc([N+](=O)[O-])c2)c2cn(Cc3ccccc3)c3cccc(c23)N1. The van der Waals surface area contributed by atoms with Crippen LogP contribution >= 0.6 is 0 Å². The van der Waals surface area contributed by atoms with Crippen LogP contribution in [0, 0.1) is 10.1 Å². The van der Waals surface area contributed by atoms with Crippen LogP contribution in [-0.4, -0.2) is 15.4 Å². The quantitative estimate of drug-likeness (QED) is 0.386. The monoisotopic (exact) mass is 397 g/mol. The molecule has 0 unspecified atom stereocenters. The van der Waals surface area contributed by atoms with Gasteiger partial charge in [-0.15, -0.1) is 0 Å². The number of carbonyl (C=O) groups is 1. The Morgan fingerprint density at radius 1 is 1.03 bits per heavy atom. The third-order valence-corrected chi connectivity index (χ3v) is 5.65. The molecular formula is C24H19N3O3. The third kappa shape index (κ3) is 3.12. The van der Waals surface area contributed by atoms with Gasteiger partial charge in [0.15, 0.2) is 0 Å². The third-order valence-electron chi connectivity index (χ3n) is 5.65. The zero-order valence-electron chi connectivity index (χ0n) is 16.1. The highest BCUT2D eigenvalue weighted by atomic mass is 16.6. The molecule has 0 saturated heterocycles. The molecule has 1 atom stereocenters. The van der Waals surface area contributed by atoms with E-state index in [4.69, 9.17) is 0 Å². The van der Waals surface area contributed by atoms with Crippen LogP contribution in [0.15, 0.2) is 79.0 Å². The number of benzene rings is 3. The second-order valence-corrected chi connectivity index (χ2v) is 7.55. The topological polar surface area (TPSA) is 77.2 Å². The van der Waals surface area contributed by atoms with Crippen molar-refractivity contribution in [2.24, 2.45) is 0 Å². The highest BCUT2D eigenvalue weighted by molar-refractivity contribution is 6.06. The number of hydrogen-bond acceptors (Lipinski definition) is 3. The molecule has 0 bridgehead atoms. The maximum absolute atomic E-state index is 12.6. The second kappa shape index (κ2) is 7.15. The molecule has 0 radical (unpaired) electrons. The van der Waals surface area contributed by atoms with Gasteiger partial charge in [-0.25, -0.2) is 0 Å². The van der Waals surface area contributed by atoms with Crippen molar-refractivity contribution in [3.63, 3.8) is 0 Å². The van der Waals surface area contributed by atoms with Crippen molar-refractivity contribution in [3.05, 3.63) is 106 Å². The smallest absolute Gasteiger partial charge is 0.269 e. The van der Waals surface area contributed by atoms with Crippen LogP contribution in [0.25, 0.3) is 10.9 Å². The molecule has 1 aliphatic rings. The van der Waals surface area contributed by atoms with Gasteiger partial charge in [0.05, 0.1) is 16.1 Å². The summed E-state index contributed by atoms with van der Waals surface area (Å²) in [7, 11) is 0. The van der Waals surface area contributed by atoms with Crippen molar-refractivity contribution in [3.8, 4) is 0 Å². The van der Waals surface area contributed by atoms with Gasteiger partial charge in [0.2, 0.25) is 5.91 Å². The number of non-ortho nitro benzene ring substituents is 1. The van der Waals surface area contributed by atoms with E-state index in [2.05, 4.69) is 28.2 Å². The van der Waals surface area contributed by atoms with Gasteiger partial charge in [-0.2, -0.15) is 0 Å². The normalized spacial score (nSPS) is 15.6. The number of anilines is 1. The zero-order chi connectivity index (χ0) is 20.7. The van der Waals surface area contributed by atoms with Crippen molar-refractivity contribution in [1.82, 2.24) is 4.57 Å². The van der Waals surface area contributed by atoms with Gasteiger partial charge in [-0.3, -0.25) is 14.9 Å². The summed E-state index contributed by atoms with van der Waals surface area (Å²) in [5.74, 6) is -0.349. The second-order valence-electron chi connectivity index (χ2n) is 7.55. The molecule has 0 aliphatic carbocycles. The zero-order valence-corrected chi connectivity index (χ0v) is 16.1. The van der Waals surface area contributed by atoms with E-state index in [9.17, 15) is 14.9 Å². The summed E-state index contributed by atoms with van der Waals surface area (Å²) in [6.45, 7) is 0.705. The van der Waals surface area contributed by atoms with Crippen LogP contribution in [0.1, 0.15) is 29.0 Å². The van der Waals surface area contributed by atoms with Gasteiger partial charge in [-0.05, 0) is 28.8 Å². The highest BCUT2D eigenvalue weighted by Gasteiger charge is 2.28. The fourth-order valence-electron chi connectivity index (χ4n) is 4.31. The summed E-state index contributed by atoms with van der Waals surface area (Å²) in [5.41, 5.74) is 4.81. The van der Waals surface area contributed by atoms with E-state index in [0.29, 0.717) is 6.54 Å². The lowest BCUT2D eigenvalue weighted by atomic mass is 9.88. The van der Waals surface area contributed by atoms with Crippen LogP contribution in [0.3, 0.4) is 0 Å². The van der Waals surface area contributed by atoms with Crippen LogP contribution in [0.2, 0.25) is 0 Å². The Kier molecular flexibility index (Phi) is 4.32. The van der Waals surface area contributed by atoms with Gasteiger partial charge in [0, 0.05) is 42.6 Å². The largest absolute Gasteiger partial charge is 0.343 e. The van der Waals surface area contributed by atoms with Crippen LogP contribution in [0.5, 0.6) is 0 Å². The summed E-state index contributed by atoms with van der Waals surface area (Å²) in [6.07, 6.45) is 2.32. The Bertz CT molecular complexity index is 1280. The van der Waals surface area contributed by atoms with Gasteiger partial charge in [0.25, 0.3) is 5.69 Å². The molecule has 3 aromatic carbocycles. The van der Waals surface area contributed by atoms with E-state index in [1.165, 1.54) is 11.6 Å². The average Bonchev–Trinajstić information content (AvgIpc) is 3.04. The number of nitro benzene ring substituents is 1. The molecule has 4 aromatic rings. The number of nitro groups is 1. The molecule has 1 aromatic heterocycles. The van der Waals surface area contributed by atoms with Gasteiger partial charge >= 0.3 is 0 Å². The first kappa shape index (κ1) is 18.1. The Hall–Kier alpha value is -3.93. The van der Waals surface area contributed by atoms with Crippen LogP contribution in [0.4, 0.5) is 11.4 Å². The average molecular weight is 397 g/mol. The summed E-state index contributed by atoms with van der Waals surface area (Å²) in [5, 5.41) is 15.3. The minimum atomic E-state index is -0.398. The van der Waals surface area contributed by atoms with Gasteiger partial charge < -0.3 is 9.88 Å². The fourth-order valence-corrected chi connectivity index (χ4v) is 4.31. The summed E-state index contributed by atoms with van der Waals surface area (Å²) >= 11 is 0. The minimum absolute atomic E-state index is 0.0328. The molecule has 0 saturated carbocycles. The molecular weight excluding hydrogens is 378 g/mol. The summed E-state index contributed by atoms with van der Waals surface area (Å²) in [6, 6.07) is 22.7. The number of amides is 1. The summed E-state index contributed by atoms with van der Waals surface area (Å²) < 4.78 is 2.19. The van der Waals surface area contributed by atoms with E-state index in [0.717, 1.165) is 27.7 Å². The maximum atomic E-state index is 12.6. The molecule has 30 heavy (non-hydrogen) atoms. The predicted octanol–water partition coefficient (Wildman–Crippen LogP) is 5.07. The van der Waals surface area contributed by atoms with Crippen molar-refractivity contribution in [1.29, 1.82) is 0 Å². The molecule has 0 spiro atoms. The van der Waals surface area contributed by atoms with Crippen molar-refractivity contribution >= 4 is 28.2 Å². The first-order chi connectivity index (χ1) is 14.6. The Morgan fingerprint density at radius 3 is 2.63 bits per heavy atom. The lowest BCUT2D eigenvalue weighted by molar-refractivity contribution is -0.384. The Morgan fingerprint density at radius 2 is 1.83 bits per heavy atom. The van der Waals surface area contributed by atoms with Crippen LogP contribution in [-0.2, 0) is 11.3 Å². The number of nitrogens with one attached hydrogen (secondary N) is 1. The Labute approximate surface area is 172 Å². The number of carbonyl (C=O) groups excluding carboxylic acids is 1. The van der Waals surface area contributed by atoms with Gasteiger partial charge in [0.1, 0.15) is 0 Å². The molecule has 1 amide bonds. The molecule has 0 fully saturated rings. The number of aromatic nitrogens is 1.